The third kappa shape index (κ3) is 2.18. The van der Waals surface area contributed by atoms with Crippen molar-refractivity contribution in [1.82, 2.24) is 4.90 Å². The summed E-state index contributed by atoms with van der Waals surface area (Å²) in [6, 6.07) is 0. The van der Waals surface area contributed by atoms with Gasteiger partial charge >= 0.3 is 0 Å². The van der Waals surface area contributed by atoms with Crippen LogP contribution in [0.4, 0.5) is 0 Å². The zero-order chi connectivity index (χ0) is 9.14. The van der Waals surface area contributed by atoms with Gasteiger partial charge in [-0.05, 0) is 6.42 Å². The highest BCUT2D eigenvalue weighted by molar-refractivity contribution is 9.10. The van der Waals surface area contributed by atoms with Crippen LogP contribution in [0, 0.1) is 0 Å². The molecule has 1 aliphatic rings. The van der Waals surface area contributed by atoms with Crippen molar-refractivity contribution >= 4 is 21.8 Å². The molecule has 2 atom stereocenters. The number of carbonyl (C=O) groups excluding carboxylic acids is 1. The number of amides is 1. The molecule has 0 aromatic rings. The highest BCUT2D eigenvalue weighted by Gasteiger charge is 2.30. The minimum absolute atomic E-state index is 0.00231. The molecule has 2 unspecified atom stereocenters. The van der Waals surface area contributed by atoms with Gasteiger partial charge in [-0.15, -0.1) is 0 Å². The van der Waals surface area contributed by atoms with Crippen LogP contribution in [0.15, 0.2) is 0 Å². The van der Waals surface area contributed by atoms with Crippen molar-refractivity contribution in [2.45, 2.75) is 17.4 Å². The molecule has 1 saturated heterocycles. The van der Waals surface area contributed by atoms with Crippen molar-refractivity contribution < 1.29 is 15.0 Å². The Morgan fingerprint density at radius 1 is 1.75 bits per heavy atom. The van der Waals surface area contributed by atoms with Crippen LogP contribution < -0.4 is 0 Å². The summed E-state index contributed by atoms with van der Waals surface area (Å²) in [6.07, 6.45) is -0.0384. The first-order valence-corrected chi connectivity index (χ1v) is 4.78. The van der Waals surface area contributed by atoms with Crippen LogP contribution in [0.25, 0.3) is 0 Å². The van der Waals surface area contributed by atoms with E-state index in [4.69, 9.17) is 10.2 Å². The minimum Gasteiger partial charge on any atom is -0.394 e. The second-order valence-corrected chi connectivity index (χ2v) is 3.98. The Labute approximate surface area is 79.3 Å². The summed E-state index contributed by atoms with van der Waals surface area (Å²) in [5.74, 6) is 0.00231. The van der Waals surface area contributed by atoms with Crippen molar-refractivity contribution in [2.24, 2.45) is 0 Å². The number of halogens is 1. The first kappa shape index (κ1) is 9.95. The molecule has 0 aromatic heterocycles. The summed E-state index contributed by atoms with van der Waals surface area (Å²) in [6.45, 7) is 0.597. The summed E-state index contributed by atoms with van der Waals surface area (Å²) in [4.78, 5) is 12.7. The number of β-amino-alcohol motifs (C(OH)–C–C–N with tert-alkyl or cyclic N) is 1. The number of nitrogens with zero attached hydrogens (tertiary/aromatic N) is 1. The van der Waals surface area contributed by atoms with Gasteiger partial charge < -0.3 is 15.1 Å². The van der Waals surface area contributed by atoms with Crippen LogP contribution >= 0.6 is 15.9 Å². The summed E-state index contributed by atoms with van der Waals surface area (Å²) in [5.41, 5.74) is 0. The van der Waals surface area contributed by atoms with Gasteiger partial charge in [0.1, 0.15) is 0 Å². The molecule has 1 rings (SSSR count). The van der Waals surface area contributed by atoms with Crippen LogP contribution in [0.3, 0.4) is 0 Å². The maximum Gasteiger partial charge on any atom is 0.236 e. The van der Waals surface area contributed by atoms with Crippen molar-refractivity contribution in [2.75, 3.05) is 19.7 Å². The van der Waals surface area contributed by atoms with Gasteiger partial charge in [-0.1, -0.05) is 15.9 Å². The lowest BCUT2D eigenvalue weighted by Gasteiger charge is -2.18. The fraction of sp³-hybridized carbons (Fsp3) is 0.857. The van der Waals surface area contributed by atoms with E-state index in [1.54, 1.807) is 4.90 Å². The molecule has 1 aliphatic heterocycles. The van der Waals surface area contributed by atoms with Gasteiger partial charge in [-0.2, -0.15) is 0 Å². The molecule has 4 nitrogen and oxygen atoms in total. The minimum atomic E-state index is -0.813. The number of hydrogen-bond donors (Lipinski definition) is 2. The molecule has 0 saturated carbocycles. The van der Waals surface area contributed by atoms with Crippen LogP contribution in [-0.2, 0) is 4.79 Å². The quantitative estimate of drug-likeness (QED) is 0.641. The molecule has 0 spiro atoms. The Bertz CT molecular complexity index is 176. The second-order valence-electron chi connectivity index (χ2n) is 2.88. The van der Waals surface area contributed by atoms with Crippen LogP contribution in [0.2, 0.25) is 0 Å². The van der Waals surface area contributed by atoms with Gasteiger partial charge in [0.2, 0.25) is 5.91 Å². The van der Waals surface area contributed by atoms with E-state index in [-0.39, 0.29) is 23.9 Å². The van der Waals surface area contributed by atoms with Crippen molar-refractivity contribution in [3.05, 3.63) is 0 Å². The number of rotatable bonds is 3. The molecule has 0 bridgehead atoms. The molecule has 1 heterocycles. The molecular formula is C7H12BrNO3. The van der Waals surface area contributed by atoms with Gasteiger partial charge in [-0.3, -0.25) is 4.79 Å². The fourth-order valence-corrected chi connectivity index (χ4v) is 1.69. The number of hydrogen-bond acceptors (Lipinski definition) is 3. The van der Waals surface area contributed by atoms with Crippen molar-refractivity contribution in [3.63, 3.8) is 0 Å². The Hall–Kier alpha value is -0.130. The summed E-state index contributed by atoms with van der Waals surface area (Å²) in [7, 11) is 0. The lowest BCUT2D eigenvalue weighted by Crippen LogP contribution is -2.36. The Morgan fingerprint density at radius 2 is 2.42 bits per heavy atom. The van der Waals surface area contributed by atoms with Crippen LogP contribution in [0.5, 0.6) is 0 Å². The lowest BCUT2D eigenvalue weighted by molar-refractivity contribution is -0.128. The predicted octanol–water partition coefficient (Wildman–Crippen LogP) is -0.665. The molecule has 0 radical (unpaired) electrons. The first-order valence-electron chi connectivity index (χ1n) is 3.87. The molecule has 0 aromatic carbocycles. The molecular weight excluding hydrogens is 226 g/mol. The molecule has 12 heavy (non-hydrogen) atoms. The molecule has 0 aliphatic carbocycles. The Morgan fingerprint density at radius 3 is 2.83 bits per heavy atom. The fourth-order valence-electron chi connectivity index (χ4n) is 1.19. The zero-order valence-corrected chi connectivity index (χ0v) is 8.20. The first-order chi connectivity index (χ1) is 5.65. The molecule has 5 heteroatoms. The maximum atomic E-state index is 11.2. The van der Waals surface area contributed by atoms with E-state index in [9.17, 15) is 4.79 Å². The summed E-state index contributed by atoms with van der Waals surface area (Å²) < 4.78 is 0. The topological polar surface area (TPSA) is 60.8 Å². The standard InChI is InChI=1S/C7H12BrNO3/c8-6-1-2-9(7(6)12)3-5(11)4-10/h5-6,10-11H,1-4H2. The Kier molecular flexibility index (Phi) is 3.49. The van der Waals surface area contributed by atoms with Crippen molar-refractivity contribution in [1.29, 1.82) is 0 Å². The third-order valence-corrected chi connectivity index (χ3v) is 2.72. The molecule has 1 amide bonds. The number of alkyl halides is 1. The van der Waals surface area contributed by atoms with Gasteiger partial charge in [0.05, 0.1) is 17.5 Å². The SMILES string of the molecule is O=C1C(Br)CCN1CC(O)CO. The summed E-state index contributed by atoms with van der Waals surface area (Å²) in [5, 5.41) is 17.6. The lowest BCUT2D eigenvalue weighted by atomic mass is 10.3. The normalized spacial score (nSPS) is 26.4. The van der Waals surface area contributed by atoms with Crippen LogP contribution in [0.1, 0.15) is 6.42 Å². The van der Waals surface area contributed by atoms with Crippen molar-refractivity contribution in [3.8, 4) is 0 Å². The van der Waals surface area contributed by atoms with E-state index in [0.717, 1.165) is 6.42 Å². The predicted molar refractivity (Wildman–Crippen MR) is 47.0 cm³/mol. The number of carbonyl (C=O) groups is 1. The van der Waals surface area contributed by atoms with Gasteiger partial charge in [0.25, 0.3) is 0 Å². The third-order valence-electron chi connectivity index (χ3n) is 1.87. The largest absolute Gasteiger partial charge is 0.394 e. The van der Waals surface area contributed by atoms with Crippen LogP contribution in [-0.4, -0.2) is 51.6 Å². The smallest absolute Gasteiger partial charge is 0.236 e. The average Bonchev–Trinajstić information content (AvgIpc) is 2.36. The van der Waals surface area contributed by atoms with E-state index in [0.29, 0.717) is 6.54 Å². The molecule has 2 N–H and O–H groups in total. The number of likely N-dealkylation sites (tertiary alicyclic amines) is 1. The monoisotopic (exact) mass is 237 g/mol. The highest BCUT2D eigenvalue weighted by atomic mass is 79.9. The second kappa shape index (κ2) is 4.20. The van der Waals surface area contributed by atoms with Gasteiger partial charge in [0.15, 0.2) is 0 Å². The zero-order valence-electron chi connectivity index (χ0n) is 6.61. The molecule has 70 valence electrons. The van der Waals surface area contributed by atoms with E-state index in [2.05, 4.69) is 15.9 Å². The maximum absolute atomic E-state index is 11.2. The number of aliphatic hydroxyl groups is 2. The van der Waals surface area contributed by atoms with E-state index >= 15 is 0 Å². The van der Waals surface area contributed by atoms with E-state index in [1.807, 2.05) is 0 Å². The van der Waals surface area contributed by atoms with Gasteiger partial charge in [-0.25, -0.2) is 0 Å². The highest BCUT2D eigenvalue weighted by Crippen LogP contribution is 2.18. The summed E-state index contributed by atoms with van der Waals surface area (Å²) >= 11 is 3.22. The van der Waals surface area contributed by atoms with E-state index < -0.39 is 6.10 Å². The Balaban J connectivity index is 2.39. The van der Waals surface area contributed by atoms with Gasteiger partial charge in [0, 0.05) is 13.1 Å². The van der Waals surface area contributed by atoms with E-state index in [1.165, 1.54) is 0 Å². The number of aliphatic hydroxyl groups excluding tert-OH is 2. The molecule has 1 fully saturated rings. The average molecular weight is 238 g/mol.